The van der Waals surface area contributed by atoms with Crippen LogP contribution >= 0.6 is 0 Å². The van der Waals surface area contributed by atoms with Crippen LogP contribution in [0.1, 0.15) is 31.7 Å². The van der Waals surface area contributed by atoms with Crippen molar-refractivity contribution in [1.29, 1.82) is 0 Å². The Morgan fingerprint density at radius 3 is 3.13 bits per heavy atom. The smallest absolute Gasteiger partial charge is 0.414 e. The van der Waals surface area contributed by atoms with E-state index in [1.54, 1.807) is 0 Å². The summed E-state index contributed by atoms with van der Waals surface area (Å²) in [6.07, 6.45) is 6.07. The highest BCUT2D eigenvalue weighted by Crippen LogP contribution is 2.40. The lowest BCUT2D eigenvalue weighted by Crippen LogP contribution is -2.24. The van der Waals surface area contributed by atoms with E-state index >= 15 is 0 Å². The van der Waals surface area contributed by atoms with Crippen LogP contribution in [0.4, 0.5) is 5.82 Å². The molecule has 1 aromatic rings. The van der Waals surface area contributed by atoms with Crippen LogP contribution in [0.2, 0.25) is 0 Å². The summed E-state index contributed by atoms with van der Waals surface area (Å²) in [6, 6.07) is 0.675. The first kappa shape index (κ1) is 8.70. The zero-order valence-electron chi connectivity index (χ0n) is 8.13. The summed E-state index contributed by atoms with van der Waals surface area (Å²) >= 11 is 0. The molecular formula is C9H11N3O3. The Balaban J connectivity index is 1.96. The number of nitrogens with zero attached hydrogens (tertiary/aromatic N) is 3. The molecule has 1 aliphatic heterocycles. The van der Waals surface area contributed by atoms with Gasteiger partial charge in [-0.25, -0.2) is 0 Å². The number of imidazole rings is 1. The molecule has 1 aliphatic carbocycles. The number of nitro groups is 1. The molecule has 0 spiro atoms. The highest BCUT2D eigenvalue weighted by Gasteiger charge is 2.40. The van der Waals surface area contributed by atoms with E-state index in [9.17, 15) is 10.1 Å². The largest absolute Gasteiger partial charge is 0.440 e. The van der Waals surface area contributed by atoms with Crippen molar-refractivity contribution >= 4 is 5.82 Å². The second-order valence-corrected chi connectivity index (χ2v) is 4.05. The van der Waals surface area contributed by atoms with Gasteiger partial charge in [0, 0.05) is 4.98 Å². The molecule has 2 unspecified atom stereocenters. The number of ether oxygens (including phenoxy) is 1. The van der Waals surface area contributed by atoms with Crippen LogP contribution in [-0.4, -0.2) is 20.6 Å². The average Bonchev–Trinajstić information content (AvgIpc) is 2.73. The van der Waals surface area contributed by atoms with Crippen molar-refractivity contribution < 1.29 is 9.66 Å². The first-order chi connectivity index (χ1) is 7.25. The standard InChI is InChI=1S/C9H11N3O3/c13-12(14)8-5-11-6-3-1-2-4-7(6)15-9(11)10-8/h5-7H,1-4H2. The lowest BCUT2D eigenvalue weighted by atomic mass is 9.93. The Labute approximate surface area is 86.0 Å². The maximum absolute atomic E-state index is 10.5. The number of rotatable bonds is 1. The molecule has 0 amide bonds. The van der Waals surface area contributed by atoms with Crippen molar-refractivity contribution in [3.05, 3.63) is 16.3 Å². The van der Waals surface area contributed by atoms with Crippen LogP contribution in [0, 0.1) is 10.1 Å². The van der Waals surface area contributed by atoms with Crippen molar-refractivity contribution in [1.82, 2.24) is 9.55 Å². The maximum Gasteiger partial charge on any atom is 0.414 e. The molecule has 1 aromatic heterocycles. The fourth-order valence-electron chi connectivity index (χ4n) is 2.45. The first-order valence-corrected chi connectivity index (χ1v) is 5.15. The van der Waals surface area contributed by atoms with E-state index in [-0.39, 0.29) is 18.0 Å². The lowest BCUT2D eigenvalue weighted by molar-refractivity contribution is -0.389. The van der Waals surface area contributed by atoms with Gasteiger partial charge in [0.15, 0.2) is 0 Å². The van der Waals surface area contributed by atoms with Gasteiger partial charge >= 0.3 is 11.8 Å². The van der Waals surface area contributed by atoms with E-state index in [4.69, 9.17) is 4.74 Å². The van der Waals surface area contributed by atoms with E-state index in [0.29, 0.717) is 6.01 Å². The third-order valence-corrected chi connectivity index (χ3v) is 3.15. The number of hydrogen-bond donors (Lipinski definition) is 0. The molecule has 1 saturated carbocycles. The van der Waals surface area contributed by atoms with E-state index in [1.165, 1.54) is 12.6 Å². The monoisotopic (exact) mass is 209 g/mol. The quantitative estimate of drug-likeness (QED) is 0.521. The fourth-order valence-corrected chi connectivity index (χ4v) is 2.45. The number of aromatic nitrogens is 2. The second-order valence-electron chi connectivity index (χ2n) is 4.05. The predicted octanol–water partition coefficient (Wildman–Crippen LogP) is 1.67. The van der Waals surface area contributed by atoms with Crippen LogP contribution < -0.4 is 4.74 Å². The van der Waals surface area contributed by atoms with Crippen molar-refractivity contribution in [3.63, 3.8) is 0 Å². The number of hydrogen-bond acceptors (Lipinski definition) is 4. The lowest BCUT2D eigenvalue weighted by Gasteiger charge is -2.23. The van der Waals surface area contributed by atoms with E-state index < -0.39 is 4.92 Å². The van der Waals surface area contributed by atoms with Gasteiger partial charge in [0.2, 0.25) is 0 Å². The molecule has 2 heterocycles. The third-order valence-electron chi connectivity index (χ3n) is 3.15. The van der Waals surface area contributed by atoms with Crippen LogP contribution in [0.3, 0.4) is 0 Å². The van der Waals surface area contributed by atoms with E-state index in [1.807, 2.05) is 4.57 Å². The Kier molecular flexibility index (Phi) is 1.71. The summed E-state index contributed by atoms with van der Waals surface area (Å²) in [5.41, 5.74) is 0. The Morgan fingerprint density at radius 1 is 1.53 bits per heavy atom. The van der Waals surface area contributed by atoms with Crippen molar-refractivity contribution in [2.75, 3.05) is 0 Å². The van der Waals surface area contributed by atoms with Gasteiger partial charge in [-0.3, -0.25) is 4.57 Å². The van der Waals surface area contributed by atoms with Gasteiger partial charge in [0.25, 0.3) is 0 Å². The topological polar surface area (TPSA) is 70.2 Å². The molecule has 0 bridgehead atoms. The zero-order chi connectivity index (χ0) is 10.4. The summed E-state index contributed by atoms with van der Waals surface area (Å²) < 4.78 is 7.41. The van der Waals surface area contributed by atoms with Gasteiger partial charge in [0.1, 0.15) is 12.3 Å². The van der Waals surface area contributed by atoms with Crippen molar-refractivity contribution in [2.45, 2.75) is 37.8 Å². The Bertz CT molecular complexity index is 415. The minimum absolute atomic E-state index is 0.117. The predicted molar refractivity (Wildman–Crippen MR) is 50.8 cm³/mol. The summed E-state index contributed by atoms with van der Waals surface area (Å²) in [7, 11) is 0. The average molecular weight is 209 g/mol. The minimum Gasteiger partial charge on any atom is -0.440 e. The van der Waals surface area contributed by atoms with E-state index in [0.717, 1.165) is 19.3 Å². The SMILES string of the molecule is O=[N+]([O-])c1cn2c(n1)OC1CCCCC12. The number of fused-ring (bicyclic) bond motifs is 3. The Hall–Kier alpha value is -1.59. The molecule has 2 atom stereocenters. The van der Waals surface area contributed by atoms with Crippen LogP contribution in [-0.2, 0) is 0 Å². The van der Waals surface area contributed by atoms with Crippen molar-refractivity contribution in [3.8, 4) is 6.01 Å². The second kappa shape index (κ2) is 2.95. The molecule has 6 nitrogen and oxygen atoms in total. The van der Waals surface area contributed by atoms with Gasteiger partial charge in [-0.05, 0) is 24.2 Å². The molecule has 6 heteroatoms. The minimum atomic E-state index is -0.480. The molecule has 0 radical (unpaired) electrons. The summed E-state index contributed by atoms with van der Waals surface area (Å²) in [5, 5.41) is 10.5. The summed E-state index contributed by atoms with van der Waals surface area (Å²) in [6.45, 7) is 0. The van der Waals surface area contributed by atoms with Gasteiger partial charge in [-0.1, -0.05) is 6.42 Å². The normalized spacial score (nSPS) is 28.0. The van der Waals surface area contributed by atoms with Gasteiger partial charge in [0.05, 0.1) is 6.04 Å². The van der Waals surface area contributed by atoms with Crippen LogP contribution in [0.25, 0.3) is 0 Å². The van der Waals surface area contributed by atoms with Crippen LogP contribution in [0.5, 0.6) is 6.01 Å². The maximum atomic E-state index is 10.5. The summed E-state index contributed by atoms with van der Waals surface area (Å²) in [5.74, 6) is -0.117. The molecule has 2 aliphatic rings. The molecule has 80 valence electrons. The molecule has 0 aromatic carbocycles. The third kappa shape index (κ3) is 1.20. The van der Waals surface area contributed by atoms with Gasteiger partial charge in [-0.15, -0.1) is 0 Å². The zero-order valence-corrected chi connectivity index (χ0v) is 8.13. The van der Waals surface area contributed by atoms with E-state index in [2.05, 4.69) is 4.98 Å². The first-order valence-electron chi connectivity index (χ1n) is 5.15. The Morgan fingerprint density at radius 2 is 2.33 bits per heavy atom. The highest BCUT2D eigenvalue weighted by atomic mass is 16.6. The molecule has 3 rings (SSSR count). The molecule has 15 heavy (non-hydrogen) atoms. The molecule has 0 saturated heterocycles. The van der Waals surface area contributed by atoms with Gasteiger partial charge < -0.3 is 14.9 Å². The molecular weight excluding hydrogens is 198 g/mol. The van der Waals surface area contributed by atoms with Gasteiger partial charge in [-0.2, -0.15) is 0 Å². The fraction of sp³-hybridized carbons (Fsp3) is 0.667. The molecule has 1 fully saturated rings. The van der Waals surface area contributed by atoms with Crippen molar-refractivity contribution in [2.24, 2.45) is 0 Å². The highest BCUT2D eigenvalue weighted by molar-refractivity contribution is 5.24. The molecule has 0 N–H and O–H groups in total. The van der Waals surface area contributed by atoms with Crippen LogP contribution in [0.15, 0.2) is 6.20 Å². The summed E-state index contributed by atoms with van der Waals surface area (Å²) in [4.78, 5) is 13.9.